The van der Waals surface area contributed by atoms with E-state index in [1.165, 1.54) is 28.9 Å². The molecule has 0 saturated carbocycles. The van der Waals surface area contributed by atoms with Gasteiger partial charge in [-0.2, -0.15) is 0 Å². The molecule has 9 heteroatoms. The van der Waals surface area contributed by atoms with Crippen molar-refractivity contribution in [3.05, 3.63) is 59.8 Å². The van der Waals surface area contributed by atoms with E-state index in [9.17, 15) is 0 Å². The van der Waals surface area contributed by atoms with Crippen molar-refractivity contribution >= 4 is 27.3 Å². The molecule has 0 radical (unpaired) electrons. The second kappa shape index (κ2) is 10.1. The second-order valence-electron chi connectivity index (χ2n) is 9.61. The van der Waals surface area contributed by atoms with Gasteiger partial charge in [0.1, 0.15) is 22.8 Å². The van der Waals surface area contributed by atoms with Crippen LogP contribution < -0.4 is 14.2 Å². The lowest BCUT2D eigenvalue weighted by Crippen LogP contribution is -2.37. The summed E-state index contributed by atoms with van der Waals surface area (Å²) in [7, 11) is 3.25. The van der Waals surface area contributed by atoms with Crippen molar-refractivity contribution < 1.29 is 18.6 Å². The van der Waals surface area contributed by atoms with Gasteiger partial charge in [0.05, 0.1) is 32.4 Å². The minimum atomic E-state index is 0.466. The molecule has 0 amide bonds. The average Bonchev–Trinajstić information content (AvgIpc) is 3.61. The van der Waals surface area contributed by atoms with Crippen LogP contribution in [0.3, 0.4) is 0 Å². The van der Waals surface area contributed by atoms with Gasteiger partial charge in [-0.25, -0.2) is 9.50 Å². The van der Waals surface area contributed by atoms with Gasteiger partial charge >= 0.3 is 0 Å². The number of benzene rings is 2. The van der Waals surface area contributed by atoms with Gasteiger partial charge in [-0.05, 0) is 49.3 Å². The van der Waals surface area contributed by atoms with E-state index >= 15 is 0 Å². The van der Waals surface area contributed by atoms with Crippen molar-refractivity contribution in [2.75, 3.05) is 33.9 Å². The van der Waals surface area contributed by atoms with Crippen molar-refractivity contribution in [1.82, 2.24) is 19.5 Å². The number of likely N-dealkylation sites (tertiary alicyclic amines) is 1. The van der Waals surface area contributed by atoms with Crippen LogP contribution in [0, 0.1) is 12.8 Å². The number of methoxy groups -OCH3 is 2. The number of aromatic nitrogens is 3. The first kappa shape index (κ1) is 23.8. The molecule has 1 saturated heterocycles. The van der Waals surface area contributed by atoms with E-state index < -0.39 is 0 Å². The minimum absolute atomic E-state index is 0.466. The molecule has 1 aliphatic rings. The molecule has 5 aromatic rings. The topological polar surface area (TPSA) is 74.3 Å². The van der Waals surface area contributed by atoms with E-state index in [4.69, 9.17) is 18.6 Å². The van der Waals surface area contributed by atoms with Crippen molar-refractivity contribution in [3.63, 3.8) is 0 Å². The molecular formula is C28H30N4O4S. The molecular weight excluding hydrogens is 488 g/mol. The molecule has 8 nitrogen and oxygen atoms in total. The number of hydrogen-bond donors (Lipinski definition) is 0. The van der Waals surface area contributed by atoms with Crippen LogP contribution in [0.25, 0.3) is 27.4 Å². The molecule has 2 aromatic carbocycles. The van der Waals surface area contributed by atoms with Crippen molar-refractivity contribution in [3.8, 4) is 28.1 Å². The molecule has 1 fully saturated rings. The van der Waals surface area contributed by atoms with E-state index in [0.29, 0.717) is 40.5 Å². The molecule has 3 aromatic heterocycles. The number of rotatable bonds is 8. The highest BCUT2D eigenvalue weighted by Gasteiger charge is 2.22. The largest absolute Gasteiger partial charge is 0.496 e. The number of nitrogens with zero attached hydrogens (tertiary/aromatic N) is 4. The summed E-state index contributed by atoms with van der Waals surface area (Å²) in [6.07, 6.45) is 4.18. The Morgan fingerprint density at radius 3 is 2.76 bits per heavy atom. The summed E-state index contributed by atoms with van der Waals surface area (Å²) < 4.78 is 25.0. The number of furan rings is 1. The third-order valence-electron chi connectivity index (χ3n) is 6.86. The molecule has 37 heavy (non-hydrogen) atoms. The zero-order valence-corrected chi connectivity index (χ0v) is 22.1. The zero-order chi connectivity index (χ0) is 25.4. The molecule has 0 N–H and O–H groups in total. The first-order valence-corrected chi connectivity index (χ1v) is 13.3. The van der Waals surface area contributed by atoms with Crippen LogP contribution in [0.1, 0.15) is 24.0 Å². The number of aryl methyl sites for hydroxylation is 1. The molecule has 1 aliphatic heterocycles. The number of ether oxygens (including phenoxy) is 3. The molecule has 0 bridgehead atoms. The molecule has 6 rings (SSSR count). The number of piperidine rings is 1. The molecule has 0 aliphatic carbocycles. The Labute approximate surface area is 219 Å². The highest BCUT2D eigenvalue weighted by atomic mass is 32.1. The van der Waals surface area contributed by atoms with Gasteiger partial charge in [0, 0.05) is 31.1 Å². The summed E-state index contributed by atoms with van der Waals surface area (Å²) in [5, 5.41) is 5.83. The maximum absolute atomic E-state index is 6.42. The summed E-state index contributed by atoms with van der Waals surface area (Å²) >= 11 is 1.38. The van der Waals surface area contributed by atoms with Crippen LogP contribution in [-0.4, -0.2) is 53.4 Å². The van der Waals surface area contributed by atoms with Gasteiger partial charge in [0.2, 0.25) is 4.96 Å². The molecule has 4 heterocycles. The van der Waals surface area contributed by atoms with Gasteiger partial charge in [-0.3, -0.25) is 4.90 Å². The second-order valence-corrected chi connectivity index (χ2v) is 10.5. The van der Waals surface area contributed by atoms with Crippen LogP contribution in [0.2, 0.25) is 0 Å². The maximum Gasteiger partial charge on any atom is 0.294 e. The van der Waals surface area contributed by atoms with E-state index in [0.717, 1.165) is 42.2 Å². The van der Waals surface area contributed by atoms with Crippen LogP contribution in [0.15, 0.2) is 53.1 Å². The normalized spacial score (nSPS) is 16.5. The van der Waals surface area contributed by atoms with Crippen molar-refractivity contribution in [2.45, 2.75) is 26.3 Å². The van der Waals surface area contributed by atoms with Crippen LogP contribution in [0.4, 0.5) is 0 Å². The van der Waals surface area contributed by atoms with E-state index in [1.54, 1.807) is 18.7 Å². The smallest absolute Gasteiger partial charge is 0.294 e. The summed E-state index contributed by atoms with van der Waals surface area (Å²) in [4.78, 5) is 7.93. The van der Waals surface area contributed by atoms with Crippen LogP contribution >= 0.6 is 11.3 Å². The third-order valence-corrected chi connectivity index (χ3v) is 7.75. The average molecular weight is 519 g/mol. The Hall–Kier alpha value is -3.56. The lowest BCUT2D eigenvalue weighted by atomic mass is 9.98. The predicted molar refractivity (Wildman–Crippen MR) is 144 cm³/mol. The fraction of sp³-hybridized carbons (Fsp3) is 0.357. The molecule has 1 atom stereocenters. The van der Waals surface area contributed by atoms with Gasteiger partial charge in [-0.15, -0.1) is 5.10 Å². The van der Waals surface area contributed by atoms with Gasteiger partial charge in [0.25, 0.3) is 5.19 Å². The van der Waals surface area contributed by atoms with Gasteiger partial charge < -0.3 is 18.6 Å². The van der Waals surface area contributed by atoms with Crippen molar-refractivity contribution in [2.24, 2.45) is 5.92 Å². The fourth-order valence-electron chi connectivity index (χ4n) is 4.92. The highest BCUT2D eigenvalue weighted by Crippen LogP contribution is 2.37. The van der Waals surface area contributed by atoms with Gasteiger partial charge in [0.15, 0.2) is 5.76 Å². The zero-order valence-electron chi connectivity index (χ0n) is 21.3. The van der Waals surface area contributed by atoms with Gasteiger partial charge in [-0.1, -0.05) is 29.8 Å². The van der Waals surface area contributed by atoms with Crippen LogP contribution in [-0.2, 0) is 6.54 Å². The highest BCUT2D eigenvalue weighted by molar-refractivity contribution is 7.18. The van der Waals surface area contributed by atoms with Crippen molar-refractivity contribution in [1.29, 1.82) is 0 Å². The standard InChI is InChI=1S/C28H30N4O4S/c1-18-6-8-19(9-7-18)14-31-10-4-5-20(15-31)17-35-24-11-21(33-2)12-25-22(24)13-26(36-25)23-16-32-27(29-23)37-28(30-32)34-3/h6-9,11-13,16,20H,4-5,10,14-15,17H2,1-3H3/t20-/m0/s1. The maximum atomic E-state index is 6.42. The Bertz CT molecular complexity index is 1490. The SMILES string of the molecule is COc1cc(OC[C@H]2CCCN(Cc3ccc(C)cc3)C2)c2cc(-c3cn4nc(OC)sc4n3)oc2c1. The number of fused-ring (bicyclic) bond motifs is 2. The lowest BCUT2D eigenvalue weighted by molar-refractivity contribution is 0.125. The number of hydrogen-bond acceptors (Lipinski definition) is 8. The van der Waals surface area contributed by atoms with E-state index in [1.807, 2.05) is 24.4 Å². The predicted octanol–water partition coefficient (Wildman–Crippen LogP) is 5.82. The molecule has 0 spiro atoms. The monoisotopic (exact) mass is 518 g/mol. The summed E-state index contributed by atoms with van der Waals surface area (Å²) in [5.74, 6) is 2.59. The summed E-state index contributed by atoms with van der Waals surface area (Å²) in [6.45, 7) is 5.91. The molecule has 192 valence electrons. The Kier molecular flexibility index (Phi) is 6.48. The first-order chi connectivity index (χ1) is 18.1. The summed E-state index contributed by atoms with van der Waals surface area (Å²) in [6, 6.07) is 14.6. The quantitative estimate of drug-likeness (QED) is 0.256. The van der Waals surface area contributed by atoms with Crippen LogP contribution in [0.5, 0.6) is 16.7 Å². The Morgan fingerprint density at radius 2 is 1.97 bits per heavy atom. The van der Waals surface area contributed by atoms with E-state index in [-0.39, 0.29) is 0 Å². The fourth-order valence-corrected chi connectivity index (χ4v) is 5.62. The number of imidazole rings is 1. The Morgan fingerprint density at radius 1 is 1.11 bits per heavy atom. The molecule has 0 unspecified atom stereocenters. The lowest BCUT2D eigenvalue weighted by Gasteiger charge is -2.32. The third kappa shape index (κ3) is 5.01. The Balaban J connectivity index is 1.19. The minimum Gasteiger partial charge on any atom is -0.496 e. The first-order valence-electron chi connectivity index (χ1n) is 12.5. The summed E-state index contributed by atoms with van der Waals surface area (Å²) in [5.41, 5.74) is 4.07. The van der Waals surface area contributed by atoms with E-state index in [2.05, 4.69) is 46.2 Å².